The molecule has 29 heavy (non-hydrogen) atoms. The van der Waals surface area contributed by atoms with E-state index >= 15 is 0 Å². The molecule has 0 aliphatic carbocycles. The molecule has 2 aromatic carbocycles. The zero-order chi connectivity index (χ0) is 20.8. The van der Waals surface area contributed by atoms with Crippen molar-refractivity contribution in [2.75, 3.05) is 11.9 Å². The Balaban J connectivity index is 1.48. The Morgan fingerprint density at radius 2 is 1.83 bits per heavy atom. The maximum Gasteiger partial charge on any atom is 0.338 e. The quantitative estimate of drug-likeness (QED) is 0.650. The lowest BCUT2D eigenvalue weighted by Gasteiger charge is -2.10. The van der Waals surface area contributed by atoms with E-state index in [4.69, 9.17) is 4.74 Å². The number of amides is 3. The lowest BCUT2D eigenvalue weighted by atomic mass is 10.1. The average Bonchev–Trinajstić information content (AvgIpc) is 3.23. The Hall–Kier alpha value is -3.94. The van der Waals surface area contributed by atoms with E-state index in [0.717, 1.165) is 16.8 Å². The number of hydrogen-bond donors (Lipinski definition) is 2. The highest BCUT2D eigenvalue weighted by Gasteiger charge is 2.13. The maximum absolute atomic E-state index is 12.1. The van der Waals surface area contributed by atoms with E-state index in [1.54, 1.807) is 53.5 Å². The van der Waals surface area contributed by atoms with Gasteiger partial charge in [-0.3, -0.25) is 10.1 Å². The summed E-state index contributed by atoms with van der Waals surface area (Å²) in [6, 6.07) is 13.2. The number of carbonyl (C=O) groups is 3. The van der Waals surface area contributed by atoms with Crippen LogP contribution in [0, 0.1) is 13.8 Å². The Bertz CT molecular complexity index is 1030. The molecule has 1 heterocycles. The first kappa shape index (κ1) is 19.8. The monoisotopic (exact) mass is 392 g/mol. The molecule has 0 radical (unpaired) electrons. The van der Waals surface area contributed by atoms with E-state index in [-0.39, 0.29) is 5.56 Å². The number of nitrogens with one attached hydrogen (secondary N) is 2. The smallest absolute Gasteiger partial charge is 0.338 e. The molecule has 0 spiro atoms. The highest BCUT2D eigenvalue weighted by Crippen LogP contribution is 2.15. The molecular formula is C21H20N4O4. The maximum atomic E-state index is 12.1. The fourth-order valence-electron chi connectivity index (χ4n) is 2.66. The van der Waals surface area contributed by atoms with Gasteiger partial charge in [-0.2, -0.15) is 5.10 Å². The number of esters is 1. The highest BCUT2D eigenvalue weighted by atomic mass is 16.5. The summed E-state index contributed by atoms with van der Waals surface area (Å²) in [6.45, 7) is 3.23. The molecule has 2 N–H and O–H groups in total. The third-order valence-electron chi connectivity index (χ3n) is 4.09. The van der Waals surface area contributed by atoms with Crippen LogP contribution in [0.4, 0.5) is 10.5 Å². The Morgan fingerprint density at radius 1 is 1.07 bits per heavy atom. The van der Waals surface area contributed by atoms with Crippen LogP contribution < -0.4 is 10.6 Å². The molecule has 0 saturated carbocycles. The summed E-state index contributed by atoms with van der Waals surface area (Å²) in [5.41, 5.74) is 3.60. The Kier molecular flexibility index (Phi) is 6.03. The van der Waals surface area contributed by atoms with Crippen LogP contribution in [0.1, 0.15) is 21.5 Å². The number of imide groups is 1. The molecule has 0 unspecified atom stereocenters. The van der Waals surface area contributed by atoms with Crippen LogP contribution in [0.25, 0.3) is 5.69 Å². The predicted octanol–water partition coefficient (Wildman–Crippen LogP) is 2.99. The molecule has 3 aromatic rings. The minimum absolute atomic E-state index is 0.286. The van der Waals surface area contributed by atoms with Gasteiger partial charge in [-0.1, -0.05) is 17.7 Å². The SMILES string of the molecule is Cc1ccc(NC(=O)NC(=O)COC(=O)c2ccc(-n3cccn3)cc2)c(C)c1. The number of nitrogens with zero attached hydrogens (tertiary/aromatic N) is 2. The zero-order valence-electron chi connectivity index (χ0n) is 16.0. The van der Waals surface area contributed by atoms with Gasteiger partial charge in [0.2, 0.25) is 0 Å². The van der Waals surface area contributed by atoms with Gasteiger partial charge in [0.15, 0.2) is 6.61 Å². The summed E-state index contributed by atoms with van der Waals surface area (Å²) in [7, 11) is 0. The third kappa shape index (κ3) is 5.29. The Morgan fingerprint density at radius 3 is 2.48 bits per heavy atom. The van der Waals surface area contributed by atoms with Crippen LogP contribution in [0.15, 0.2) is 60.9 Å². The van der Waals surface area contributed by atoms with Crippen LogP contribution in [0.5, 0.6) is 0 Å². The summed E-state index contributed by atoms with van der Waals surface area (Å²) in [4.78, 5) is 35.9. The number of aromatic nitrogens is 2. The van der Waals surface area contributed by atoms with Crippen molar-refractivity contribution in [3.8, 4) is 5.69 Å². The molecule has 0 fully saturated rings. The lowest BCUT2D eigenvalue weighted by Crippen LogP contribution is -2.37. The first-order valence-corrected chi connectivity index (χ1v) is 8.87. The standard InChI is InChI=1S/C21H20N4O4/c1-14-4-9-18(15(2)12-14)23-21(28)24-19(26)13-29-20(27)16-5-7-17(8-6-16)25-11-3-10-22-25/h3-12H,13H2,1-2H3,(H2,23,24,26,28). The normalized spacial score (nSPS) is 10.3. The lowest BCUT2D eigenvalue weighted by molar-refractivity contribution is -0.123. The molecule has 0 atom stereocenters. The molecule has 0 aliphatic rings. The number of hydrogen-bond acceptors (Lipinski definition) is 5. The van der Waals surface area contributed by atoms with Gasteiger partial charge < -0.3 is 10.1 Å². The number of rotatable bonds is 5. The van der Waals surface area contributed by atoms with Gasteiger partial charge in [0.25, 0.3) is 5.91 Å². The van der Waals surface area contributed by atoms with Gasteiger partial charge in [-0.05, 0) is 55.8 Å². The molecule has 148 valence electrons. The van der Waals surface area contributed by atoms with E-state index in [1.165, 1.54) is 0 Å². The van der Waals surface area contributed by atoms with Gasteiger partial charge >= 0.3 is 12.0 Å². The number of aryl methyl sites for hydroxylation is 2. The van der Waals surface area contributed by atoms with Crippen molar-refractivity contribution in [3.05, 3.63) is 77.6 Å². The Labute approximate surface area is 167 Å². The van der Waals surface area contributed by atoms with Gasteiger partial charge in [-0.15, -0.1) is 0 Å². The van der Waals surface area contributed by atoms with Gasteiger partial charge in [0.1, 0.15) is 0 Å². The van der Waals surface area contributed by atoms with Crippen molar-refractivity contribution in [2.45, 2.75) is 13.8 Å². The van der Waals surface area contributed by atoms with Crippen molar-refractivity contribution < 1.29 is 19.1 Å². The zero-order valence-corrected chi connectivity index (χ0v) is 16.0. The second kappa shape index (κ2) is 8.83. The van der Waals surface area contributed by atoms with Crippen molar-refractivity contribution >= 4 is 23.6 Å². The fraction of sp³-hybridized carbons (Fsp3) is 0.143. The van der Waals surface area contributed by atoms with Crippen molar-refractivity contribution in [1.82, 2.24) is 15.1 Å². The summed E-state index contributed by atoms with van der Waals surface area (Å²) in [6.07, 6.45) is 3.43. The summed E-state index contributed by atoms with van der Waals surface area (Å²) >= 11 is 0. The number of benzene rings is 2. The molecule has 8 heteroatoms. The fourth-order valence-corrected chi connectivity index (χ4v) is 2.66. The first-order valence-electron chi connectivity index (χ1n) is 8.87. The minimum Gasteiger partial charge on any atom is -0.452 e. The molecule has 0 aliphatic heterocycles. The van der Waals surface area contributed by atoms with Crippen molar-refractivity contribution in [1.29, 1.82) is 0 Å². The van der Waals surface area contributed by atoms with E-state index < -0.39 is 24.5 Å². The largest absolute Gasteiger partial charge is 0.452 e. The third-order valence-corrected chi connectivity index (χ3v) is 4.09. The van der Waals surface area contributed by atoms with E-state index in [1.807, 2.05) is 26.0 Å². The molecular weight excluding hydrogens is 372 g/mol. The van der Waals surface area contributed by atoms with Crippen LogP contribution in [-0.4, -0.2) is 34.3 Å². The van der Waals surface area contributed by atoms with E-state index in [0.29, 0.717) is 5.69 Å². The van der Waals surface area contributed by atoms with Gasteiger partial charge in [0.05, 0.1) is 11.3 Å². The van der Waals surface area contributed by atoms with E-state index in [9.17, 15) is 14.4 Å². The predicted molar refractivity (Wildman–Crippen MR) is 107 cm³/mol. The van der Waals surface area contributed by atoms with Gasteiger partial charge in [-0.25, -0.2) is 14.3 Å². The average molecular weight is 392 g/mol. The molecule has 8 nitrogen and oxygen atoms in total. The summed E-state index contributed by atoms with van der Waals surface area (Å²) < 4.78 is 6.61. The molecule has 1 aromatic heterocycles. The van der Waals surface area contributed by atoms with Crippen LogP contribution in [0.2, 0.25) is 0 Å². The number of anilines is 1. The first-order chi connectivity index (χ1) is 13.9. The van der Waals surface area contributed by atoms with Crippen molar-refractivity contribution in [2.24, 2.45) is 0 Å². The number of ether oxygens (including phenoxy) is 1. The molecule has 3 rings (SSSR count). The minimum atomic E-state index is -0.728. The second-order valence-corrected chi connectivity index (χ2v) is 6.39. The molecule has 3 amide bonds. The van der Waals surface area contributed by atoms with Crippen LogP contribution in [-0.2, 0) is 9.53 Å². The van der Waals surface area contributed by atoms with E-state index in [2.05, 4.69) is 15.7 Å². The van der Waals surface area contributed by atoms with Crippen LogP contribution >= 0.6 is 0 Å². The molecule has 0 bridgehead atoms. The topological polar surface area (TPSA) is 102 Å². The highest BCUT2D eigenvalue weighted by molar-refractivity contribution is 6.02. The van der Waals surface area contributed by atoms with Crippen molar-refractivity contribution in [3.63, 3.8) is 0 Å². The second-order valence-electron chi connectivity index (χ2n) is 6.39. The number of urea groups is 1. The summed E-state index contributed by atoms with van der Waals surface area (Å²) in [5, 5.41) is 8.81. The van der Waals surface area contributed by atoms with Crippen LogP contribution in [0.3, 0.4) is 0 Å². The summed E-state index contributed by atoms with van der Waals surface area (Å²) in [5.74, 6) is -1.39. The van der Waals surface area contributed by atoms with Gasteiger partial charge in [0, 0.05) is 18.1 Å². The number of carbonyl (C=O) groups excluding carboxylic acids is 3. The molecule has 0 saturated heterocycles.